The van der Waals surface area contributed by atoms with Crippen LogP contribution in [0.4, 0.5) is 14.9 Å². The molecule has 0 aromatic heterocycles. The van der Waals surface area contributed by atoms with Crippen molar-refractivity contribution in [1.82, 2.24) is 15.5 Å². The van der Waals surface area contributed by atoms with Crippen LogP contribution in [0.5, 0.6) is 0 Å². The number of likely N-dealkylation sites (tertiary alicyclic amines) is 1. The molecule has 2 heterocycles. The average Bonchev–Trinajstić information content (AvgIpc) is 3.10. The lowest BCUT2D eigenvalue weighted by atomic mass is 10.1. The molecule has 6 heteroatoms. The second kappa shape index (κ2) is 8.52. The van der Waals surface area contributed by atoms with Crippen molar-refractivity contribution >= 4 is 11.7 Å². The molecule has 3 rings (SSSR count). The summed E-state index contributed by atoms with van der Waals surface area (Å²) < 4.78 is 13.0. The number of halogens is 1. The molecule has 0 unspecified atom stereocenters. The molecular weight excluding hydrogens is 319 g/mol. The predicted octanol–water partition coefficient (Wildman–Crippen LogP) is 2.44. The van der Waals surface area contributed by atoms with Crippen molar-refractivity contribution in [3.63, 3.8) is 0 Å². The number of nitrogens with zero attached hydrogens (tertiary/aromatic N) is 2. The summed E-state index contributed by atoms with van der Waals surface area (Å²) in [5, 5.41) is 6.13. The second-order valence-corrected chi connectivity index (χ2v) is 7.14. The summed E-state index contributed by atoms with van der Waals surface area (Å²) in [6, 6.07) is 6.88. The van der Waals surface area contributed by atoms with Crippen molar-refractivity contribution in [3.05, 3.63) is 30.1 Å². The number of piperidine rings is 1. The Hall–Kier alpha value is -1.82. The van der Waals surface area contributed by atoms with Crippen LogP contribution in [0.25, 0.3) is 0 Å². The molecule has 2 aliphatic rings. The van der Waals surface area contributed by atoms with Gasteiger partial charge in [0.25, 0.3) is 0 Å². The molecule has 138 valence electrons. The third-order valence-electron chi connectivity index (χ3n) is 5.40. The third kappa shape index (κ3) is 5.08. The lowest BCUT2D eigenvalue weighted by Gasteiger charge is -2.31. The predicted molar refractivity (Wildman–Crippen MR) is 98.4 cm³/mol. The molecular formula is C19H29FN4O. The van der Waals surface area contributed by atoms with Gasteiger partial charge in [-0.25, -0.2) is 9.18 Å². The minimum absolute atomic E-state index is 0.0461. The van der Waals surface area contributed by atoms with Crippen molar-refractivity contribution in [1.29, 1.82) is 0 Å². The SMILES string of the molecule is CCN1CCC(NC(=O)NC[C@@H]2CCN(c3ccc(F)cc3)C2)CC1. The maximum atomic E-state index is 13.0. The van der Waals surface area contributed by atoms with E-state index in [-0.39, 0.29) is 11.8 Å². The van der Waals surface area contributed by atoms with Crippen LogP contribution < -0.4 is 15.5 Å². The lowest BCUT2D eigenvalue weighted by molar-refractivity contribution is 0.198. The maximum Gasteiger partial charge on any atom is 0.315 e. The Bertz CT molecular complexity index is 557. The van der Waals surface area contributed by atoms with Crippen LogP contribution in [0.1, 0.15) is 26.2 Å². The lowest BCUT2D eigenvalue weighted by Crippen LogP contribution is -2.48. The zero-order valence-corrected chi connectivity index (χ0v) is 15.0. The van der Waals surface area contributed by atoms with Gasteiger partial charge in [-0.2, -0.15) is 0 Å². The summed E-state index contributed by atoms with van der Waals surface area (Å²) in [7, 11) is 0. The van der Waals surface area contributed by atoms with Gasteiger partial charge in [-0.15, -0.1) is 0 Å². The molecule has 25 heavy (non-hydrogen) atoms. The number of anilines is 1. The summed E-state index contributed by atoms with van der Waals surface area (Å²) in [5.74, 6) is 0.236. The molecule has 2 fully saturated rings. The molecule has 2 amide bonds. The topological polar surface area (TPSA) is 47.6 Å². The van der Waals surface area contributed by atoms with Crippen LogP contribution in [-0.2, 0) is 0 Å². The number of hydrogen-bond donors (Lipinski definition) is 2. The van der Waals surface area contributed by atoms with Gasteiger partial charge in [-0.05, 0) is 56.0 Å². The minimum Gasteiger partial charge on any atom is -0.371 e. The van der Waals surface area contributed by atoms with Crippen LogP contribution >= 0.6 is 0 Å². The van der Waals surface area contributed by atoms with E-state index in [1.54, 1.807) is 0 Å². The van der Waals surface area contributed by atoms with Crippen LogP contribution in [0.3, 0.4) is 0 Å². The fraction of sp³-hybridized carbons (Fsp3) is 0.632. The molecule has 1 atom stereocenters. The average molecular weight is 348 g/mol. The first-order valence-electron chi connectivity index (χ1n) is 9.41. The van der Waals surface area contributed by atoms with E-state index in [1.807, 2.05) is 12.1 Å². The second-order valence-electron chi connectivity index (χ2n) is 7.14. The number of benzene rings is 1. The number of amides is 2. The minimum atomic E-state index is -0.206. The Labute approximate surface area is 149 Å². The van der Waals surface area contributed by atoms with Gasteiger partial charge < -0.3 is 20.4 Å². The monoisotopic (exact) mass is 348 g/mol. The summed E-state index contributed by atoms with van der Waals surface area (Å²) in [6.07, 6.45) is 3.11. The van der Waals surface area contributed by atoms with Crippen molar-refractivity contribution in [2.45, 2.75) is 32.2 Å². The number of carbonyl (C=O) groups excluding carboxylic acids is 1. The highest BCUT2D eigenvalue weighted by Gasteiger charge is 2.24. The number of carbonyl (C=O) groups is 1. The van der Waals surface area contributed by atoms with Crippen LogP contribution in [0.2, 0.25) is 0 Å². The van der Waals surface area contributed by atoms with Gasteiger partial charge in [0.05, 0.1) is 0 Å². The quantitative estimate of drug-likeness (QED) is 0.859. The Morgan fingerprint density at radius 3 is 2.56 bits per heavy atom. The highest BCUT2D eigenvalue weighted by Crippen LogP contribution is 2.23. The summed E-state index contributed by atoms with van der Waals surface area (Å²) >= 11 is 0. The van der Waals surface area contributed by atoms with Gasteiger partial charge in [-0.3, -0.25) is 0 Å². The van der Waals surface area contributed by atoms with Gasteiger partial charge in [-0.1, -0.05) is 6.92 Å². The van der Waals surface area contributed by atoms with E-state index in [1.165, 1.54) is 12.1 Å². The Morgan fingerprint density at radius 2 is 1.88 bits per heavy atom. The molecule has 0 bridgehead atoms. The first-order chi connectivity index (χ1) is 12.1. The smallest absolute Gasteiger partial charge is 0.315 e. The van der Waals surface area contributed by atoms with E-state index >= 15 is 0 Å². The number of urea groups is 1. The first-order valence-corrected chi connectivity index (χ1v) is 9.41. The van der Waals surface area contributed by atoms with E-state index in [9.17, 15) is 9.18 Å². The number of hydrogen-bond acceptors (Lipinski definition) is 3. The van der Waals surface area contributed by atoms with Crippen molar-refractivity contribution in [2.24, 2.45) is 5.92 Å². The zero-order chi connectivity index (χ0) is 17.6. The van der Waals surface area contributed by atoms with Gasteiger partial charge in [0.15, 0.2) is 0 Å². The largest absolute Gasteiger partial charge is 0.371 e. The van der Waals surface area contributed by atoms with Gasteiger partial charge in [0, 0.05) is 44.5 Å². The number of nitrogens with one attached hydrogen (secondary N) is 2. The highest BCUT2D eigenvalue weighted by molar-refractivity contribution is 5.74. The fourth-order valence-electron chi connectivity index (χ4n) is 3.75. The standard InChI is InChI=1S/C19H29FN4O/c1-2-23-10-8-17(9-11-23)22-19(25)21-13-15-7-12-24(14-15)18-5-3-16(20)4-6-18/h3-6,15,17H,2,7-14H2,1H3,(H2,21,22,25)/t15-/m0/s1. The summed E-state index contributed by atoms with van der Waals surface area (Å²) in [5.41, 5.74) is 1.05. The van der Waals surface area contributed by atoms with E-state index in [4.69, 9.17) is 0 Å². The first kappa shape index (κ1) is 18.0. The van der Waals surface area contributed by atoms with Gasteiger partial charge >= 0.3 is 6.03 Å². The molecule has 2 N–H and O–H groups in total. The van der Waals surface area contributed by atoms with Gasteiger partial charge in [0.2, 0.25) is 0 Å². The molecule has 0 saturated carbocycles. The van der Waals surface area contributed by atoms with Crippen LogP contribution in [0.15, 0.2) is 24.3 Å². The van der Waals surface area contributed by atoms with Crippen LogP contribution in [0, 0.1) is 11.7 Å². The third-order valence-corrected chi connectivity index (χ3v) is 5.40. The maximum absolute atomic E-state index is 13.0. The Kier molecular flexibility index (Phi) is 6.13. The molecule has 0 spiro atoms. The molecule has 2 aliphatic heterocycles. The van der Waals surface area contributed by atoms with Crippen LogP contribution in [-0.4, -0.2) is 56.2 Å². The molecule has 2 saturated heterocycles. The summed E-state index contributed by atoms with van der Waals surface area (Å²) in [4.78, 5) is 16.8. The molecule has 5 nitrogen and oxygen atoms in total. The highest BCUT2D eigenvalue weighted by atomic mass is 19.1. The van der Waals surface area contributed by atoms with Crippen molar-refractivity contribution < 1.29 is 9.18 Å². The molecule has 0 aliphatic carbocycles. The summed E-state index contributed by atoms with van der Waals surface area (Å²) in [6.45, 7) is 7.95. The Morgan fingerprint density at radius 1 is 1.16 bits per heavy atom. The van der Waals surface area contributed by atoms with E-state index in [0.29, 0.717) is 18.5 Å². The fourth-order valence-corrected chi connectivity index (χ4v) is 3.75. The van der Waals surface area contributed by atoms with E-state index < -0.39 is 0 Å². The van der Waals surface area contributed by atoms with E-state index in [0.717, 1.165) is 57.7 Å². The number of rotatable bonds is 5. The molecule has 0 radical (unpaired) electrons. The van der Waals surface area contributed by atoms with Crippen molar-refractivity contribution in [2.75, 3.05) is 44.2 Å². The van der Waals surface area contributed by atoms with Gasteiger partial charge in [0.1, 0.15) is 5.82 Å². The van der Waals surface area contributed by atoms with Crippen molar-refractivity contribution in [3.8, 4) is 0 Å². The zero-order valence-electron chi connectivity index (χ0n) is 15.0. The normalized spacial score (nSPS) is 22.2. The Balaban J connectivity index is 1.36. The molecule has 1 aromatic carbocycles. The van der Waals surface area contributed by atoms with E-state index in [2.05, 4.69) is 27.4 Å². The molecule has 1 aromatic rings.